The maximum Gasteiger partial charge on any atom is 0.306 e. The molecule has 6 atom stereocenters. The van der Waals surface area contributed by atoms with Crippen molar-refractivity contribution in [2.24, 2.45) is 5.92 Å². The molecule has 0 amide bonds. The van der Waals surface area contributed by atoms with Gasteiger partial charge in [0.2, 0.25) is 5.28 Å². The van der Waals surface area contributed by atoms with Gasteiger partial charge in [-0.25, -0.2) is 27.5 Å². The second kappa shape index (κ2) is 8.32. The topological polar surface area (TPSA) is 68.0 Å². The number of carboxylic acid groups (broad SMARTS) is 1. The van der Waals surface area contributed by atoms with Gasteiger partial charge in [-0.05, 0) is 61.6 Å². The number of carbonyl (C=O) groups is 1. The summed E-state index contributed by atoms with van der Waals surface area (Å²) in [6.07, 6.45) is 0.230. The van der Waals surface area contributed by atoms with Gasteiger partial charge in [0.05, 0.1) is 23.1 Å². The number of aromatic nitrogens is 3. The van der Waals surface area contributed by atoms with Crippen LogP contribution in [-0.2, 0) is 4.79 Å². The number of aliphatic carboxylic acids is 1. The summed E-state index contributed by atoms with van der Waals surface area (Å²) in [4.78, 5) is 18.5. The molecular formula is C20H22ClF4N3O2. The fourth-order valence-corrected chi connectivity index (χ4v) is 4.45. The molecule has 5 nitrogen and oxygen atoms in total. The molecule has 0 radical (unpaired) electrons. The van der Waals surface area contributed by atoms with Crippen molar-refractivity contribution in [1.82, 2.24) is 14.5 Å². The van der Waals surface area contributed by atoms with Crippen molar-refractivity contribution in [1.29, 1.82) is 0 Å². The van der Waals surface area contributed by atoms with E-state index in [-0.39, 0.29) is 36.9 Å². The first-order chi connectivity index (χ1) is 14.2. The van der Waals surface area contributed by atoms with Crippen LogP contribution in [0.2, 0.25) is 5.28 Å². The molecule has 2 unspecified atom stereocenters. The van der Waals surface area contributed by atoms with E-state index in [4.69, 9.17) is 16.7 Å². The van der Waals surface area contributed by atoms with E-state index in [1.54, 1.807) is 6.20 Å². The minimum absolute atomic E-state index is 0.117. The number of hydrogen-bond acceptors (Lipinski definition) is 3. The second-order valence-electron chi connectivity index (χ2n) is 8.33. The molecule has 0 saturated heterocycles. The van der Waals surface area contributed by atoms with Gasteiger partial charge in [0.15, 0.2) is 0 Å². The van der Waals surface area contributed by atoms with Gasteiger partial charge in [-0.3, -0.25) is 4.79 Å². The molecular weight excluding hydrogens is 426 g/mol. The van der Waals surface area contributed by atoms with Crippen molar-refractivity contribution in [2.75, 3.05) is 0 Å². The van der Waals surface area contributed by atoms with E-state index in [0.717, 1.165) is 29.4 Å². The fourth-order valence-electron chi connectivity index (χ4n) is 4.32. The number of halogens is 5. The van der Waals surface area contributed by atoms with Crippen molar-refractivity contribution in [2.45, 2.75) is 75.2 Å². The van der Waals surface area contributed by atoms with Gasteiger partial charge in [0.25, 0.3) is 0 Å². The SMILES string of the molecule is F[C@@H]1CC(c2cn(C3CC3)c3cnc(Cl)nc23)C[C@@H]1F.O=C(O)C1C[C@@H](F)[C@@H](F)C1. The maximum absolute atomic E-state index is 13.5. The Morgan fingerprint density at radius 2 is 1.60 bits per heavy atom. The smallest absolute Gasteiger partial charge is 0.306 e. The van der Waals surface area contributed by atoms with Crippen LogP contribution in [0.15, 0.2) is 12.4 Å². The predicted molar refractivity (Wildman–Crippen MR) is 103 cm³/mol. The van der Waals surface area contributed by atoms with Crippen LogP contribution in [0, 0.1) is 5.92 Å². The van der Waals surface area contributed by atoms with Gasteiger partial charge in [0, 0.05) is 12.2 Å². The van der Waals surface area contributed by atoms with Gasteiger partial charge < -0.3 is 9.67 Å². The lowest BCUT2D eigenvalue weighted by atomic mass is 9.99. The largest absolute Gasteiger partial charge is 0.481 e. The van der Waals surface area contributed by atoms with Crippen LogP contribution in [0.5, 0.6) is 0 Å². The number of nitrogens with zero attached hydrogens (tertiary/aromatic N) is 3. The Hall–Kier alpha value is -1.90. The van der Waals surface area contributed by atoms with Crippen molar-refractivity contribution >= 4 is 28.6 Å². The lowest BCUT2D eigenvalue weighted by Gasteiger charge is -2.06. The molecule has 0 spiro atoms. The zero-order valence-corrected chi connectivity index (χ0v) is 16.8. The number of rotatable bonds is 3. The van der Waals surface area contributed by atoms with E-state index in [9.17, 15) is 22.4 Å². The van der Waals surface area contributed by atoms with E-state index in [1.165, 1.54) is 0 Å². The van der Waals surface area contributed by atoms with Crippen LogP contribution < -0.4 is 0 Å². The minimum atomic E-state index is -1.57. The molecule has 5 rings (SSSR count). The van der Waals surface area contributed by atoms with E-state index in [0.29, 0.717) is 6.04 Å². The summed E-state index contributed by atoms with van der Waals surface area (Å²) >= 11 is 5.88. The Bertz CT molecular complexity index is 918. The highest BCUT2D eigenvalue weighted by molar-refractivity contribution is 6.28. The Morgan fingerprint density at radius 1 is 1.03 bits per heavy atom. The first kappa shape index (κ1) is 21.3. The van der Waals surface area contributed by atoms with Gasteiger partial charge in [0.1, 0.15) is 24.7 Å². The van der Waals surface area contributed by atoms with Gasteiger partial charge in [-0.2, -0.15) is 0 Å². The average molecular weight is 448 g/mol. The van der Waals surface area contributed by atoms with Crippen molar-refractivity contribution in [3.05, 3.63) is 23.2 Å². The molecule has 1 N–H and O–H groups in total. The molecule has 30 heavy (non-hydrogen) atoms. The average Bonchev–Trinajstić information content (AvgIpc) is 3.28. The standard InChI is InChI=1S/C14H14ClF2N3.C6H8F2O2/c15-14-18-5-12-13(19-14)9(6-20(12)8-1-2-8)7-3-10(16)11(17)4-7;7-4-1-3(6(9)10)2-5(4)8/h5-8,10-11H,1-4H2;3-5H,1-2H2,(H,9,10)/t7?,10-,11+;3?,4-,5+. The zero-order chi connectivity index (χ0) is 21.6. The Kier molecular flexibility index (Phi) is 5.92. The van der Waals surface area contributed by atoms with Crippen LogP contribution in [0.4, 0.5) is 17.6 Å². The number of hydrogen-bond donors (Lipinski definition) is 1. The summed E-state index contributed by atoms with van der Waals surface area (Å²) in [5, 5.41) is 8.49. The summed E-state index contributed by atoms with van der Waals surface area (Å²) in [5.74, 6) is -2.03. The van der Waals surface area contributed by atoms with Crippen molar-refractivity contribution in [3.8, 4) is 0 Å². The van der Waals surface area contributed by atoms with E-state index < -0.39 is 36.6 Å². The normalized spacial score (nSPS) is 33.5. The molecule has 2 aromatic rings. The van der Waals surface area contributed by atoms with Crippen LogP contribution >= 0.6 is 11.6 Å². The summed E-state index contributed by atoms with van der Waals surface area (Å²) < 4.78 is 53.7. The van der Waals surface area contributed by atoms with Gasteiger partial charge >= 0.3 is 5.97 Å². The number of fused-ring (bicyclic) bond motifs is 1. The third kappa shape index (κ3) is 4.26. The highest BCUT2D eigenvalue weighted by Crippen LogP contribution is 2.44. The highest BCUT2D eigenvalue weighted by atomic mass is 35.5. The molecule has 0 aliphatic heterocycles. The molecule has 3 fully saturated rings. The van der Waals surface area contributed by atoms with Gasteiger partial charge in [-0.1, -0.05) is 0 Å². The quantitative estimate of drug-likeness (QED) is 0.523. The first-order valence-electron chi connectivity index (χ1n) is 10.1. The lowest BCUT2D eigenvalue weighted by molar-refractivity contribution is -0.141. The number of alkyl halides is 4. The van der Waals surface area contributed by atoms with E-state index in [1.807, 2.05) is 6.20 Å². The summed E-state index contributed by atoms with van der Waals surface area (Å²) in [6, 6.07) is 0.472. The van der Waals surface area contributed by atoms with Crippen molar-refractivity contribution < 1.29 is 27.5 Å². The molecule has 3 aliphatic carbocycles. The Morgan fingerprint density at radius 3 is 2.10 bits per heavy atom. The molecule has 164 valence electrons. The fraction of sp³-hybridized carbons (Fsp3) is 0.650. The summed E-state index contributed by atoms with van der Waals surface area (Å²) in [7, 11) is 0. The molecule has 2 heterocycles. The molecule has 0 aromatic carbocycles. The summed E-state index contributed by atoms with van der Waals surface area (Å²) in [5.41, 5.74) is 2.59. The van der Waals surface area contributed by atoms with E-state index >= 15 is 0 Å². The second-order valence-corrected chi connectivity index (χ2v) is 8.67. The van der Waals surface area contributed by atoms with Crippen LogP contribution in [0.25, 0.3) is 11.0 Å². The molecule has 10 heteroatoms. The third-order valence-corrected chi connectivity index (χ3v) is 6.30. The maximum atomic E-state index is 13.5. The third-order valence-electron chi connectivity index (χ3n) is 6.12. The lowest BCUT2D eigenvalue weighted by Crippen LogP contribution is -2.09. The molecule has 3 saturated carbocycles. The predicted octanol–water partition coefficient (Wildman–Crippen LogP) is 5.13. The monoisotopic (exact) mass is 447 g/mol. The molecule has 2 aromatic heterocycles. The van der Waals surface area contributed by atoms with Crippen molar-refractivity contribution in [3.63, 3.8) is 0 Å². The van der Waals surface area contributed by atoms with E-state index in [2.05, 4.69) is 14.5 Å². The Balaban J connectivity index is 0.000000185. The summed E-state index contributed by atoms with van der Waals surface area (Å²) in [6.45, 7) is 0. The first-order valence-corrected chi connectivity index (χ1v) is 10.4. The Labute approximate surface area is 175 Å². The van der Waals surface area contributed by atoms with Crippen LogP contribution in [0.3, 0.4) is 0 Å². The minimum Gasteiger partial charge on any atom is -0.481 e. The van der Waals surface area contributed by atoms with Crippen LogP contribution in [0.1, 0.15) is 56.0 Å². The molecule has 0 bridgehead atoms. The zero-order valence-electron chi connectivity index (χ0n) is 16.0. The van der Waals surface area contributed by atoms with Gasteiger partial charge in [-0.15, -0.1) is 0 Å². The highest BCUT2D eigenvalue weighted by Gasteiger charge is 2.39. The number of carboxylic acids is 1. The molecule has 3 aliphatic rings. The van der Waals surface area contributed by atoms with Crippen LogP contribution in [-0.4, -0.2) is 50.3 Å².